The number of furan rings is 1. The summed E-state index contributed by atoms with van der Waals surface area (Å²) in [6.45, 7) is 0.551. The number of hydrogen-bond donors (Lipinski definition) is 0. The molecular formula is C20H14BrCl2N3OS. The number of thioether (sulfide) groups is 1. The number of halogens is 3. The van der Waals surface area contributed by atoms with E-state index < -0.39 is 0 Å². The zero-order chi connectivity index (χ0) is 19.5. The summed E-state index contributed by atoms with van der Waals surface area (Å²) in [4.78, 5) is 0. The first-order valence-corrected chi connectivity index (χ1v) is 10.9. The summed E-state index contributed by atoms with van der Waals surface area (Å²) in [6.07, 6.45) is 1.67. The lowest BCUT2D eigenvalue weighted by Crippen LogP contribution is -2.03. The van der Waals surface area contributed by atoms with Gasteiger partial charge in [0, 0.05) is 15.8 Å². The second-order valence-corrected chi connectivity index (χ2v) is 8.69. The van der Waals surface area contributed by atoms with Crippen LogP contribution in [-0.4, -0.2) is 14.8 Å². The highest BCUT2D eigenvalue weighted by atomic mass is 79.9. The lowest BCUT2D eigenvalue weighted by Gasteiger charge is -2.09. The molecule has 4 rings (SSSR count). The molecule has 0 fully saturated rings. The second-order valence-electron chi connectivity index (χ2n) is 6.02. The molecule has 0 aliphatic heterocycles. The Hall–Kier alpha value is -1.73. The van der Waals surface area contributed by atoms with Gasteiger partial charge < -0.3 is 4.42 Å². The molecule has 2 aromatic carbocycles. The minimum Gasteiger partial charge on any atom is -0.467 e. The van der Waals surface area contributed by atoms with Gasteiger partial charge in [-0.05, 0) is 42.0 Å². The highest BCUT2D eigenvalue weighted by Crippen LogP contribution is 2.30. The molecule has 0 amide bonds. The van der Waals surface area contributed by atoms with Crippen LogP contribution in [-0.2, 0) is 12.3 Å². The van der Waals surface area contributed by atoms with Crippen LogP contribution in [0.5, 0.6) is 0 Å². The van der Waals surface area contributed by atoms with Crippen molar-refractivity contribution in [2.75, 3.05) is 0 Å². The highest BCUT2D eigenvalue weighted by molar-refractivity contribution is 9.10. The maximum absolute atomic E-state index is 6.13. The van der Waals surface area contributed by atoms with Crippen LogP contribution >= 0.6 is 50.9 Å². The van der Waals surface area contributed by atoms with Crippen LogP contribution < -0.4 is 0 Å². The number of rotatable bonds is 6. The minimum atomic E-state index is 0.548. The minimum absolute atomic E-state index is 0.548. The summed E-state index contributed by atoms with van der Waals surface area (Å²) in [5.74, 6) is 2.34. The van der Waals surface area contributed by atoms with Crippen molar-refractivity contribution in [2.45, 2.75) is 17.5 Å². The van der Waals surface area contributed by atoms with Crippen molar-refractivity contribution in [3.8, 4) is 11.4 Å². The SMILES string of the molecule is Clc1ccc(CSc2nnc(-c3ccc(Br)cc3)n2Cc2ccco2)cc1Cl. The van der Waals surface area contributed by atoms with Gasteiger partial charge in [-0.25, -0.2) is 0 Å². The maximum atomic E-state index is 6.13. The Morgan fingerprint density at radius 2 is 1.82 bits per heavy atom. The van der Waals surface area contributed by atoms with Crippen molar-refractivity contribution in [3.63, 3.8) is 0 Å². The summed E-state index contributed by atoms with van der Waals surface area (Å²) < 4.78 is 8.61. The normalized spacial score (nSPS) is 11.1. The van der Waals surface area contributed by atoms with Crippen molar-refractivity contribution >= 4 is 50.9 Å². The first-order chi connectivity index (χ1) is 13.6. The fourth-order valence-electron chi connectivity index (χ4n) is 2.69. The van der Waals surface area contributed by atoms with Crippen LogP contribution in [0.3, 0.4) is 0 Å². The smallest absolute Gasteiger partial charge is 0.192 e. The van der Waals surface area contributed by atoms with Gasteiger partial charge in [0.25, 0.3) is 0 Å². The molecule has 0 radical (unpaired) electrons. The molecular weight excluding hydrogens is 481 g/mol. The summed E-state index contributed by atoms with van der Waals surface area (Å²) in [5.41, 5.74) is 2.06. The predicted octanol–water partition coefficient (Wildman–Crippen LogP) is 6.95. The second kappa shape index (κ2) is 8.74. The van der Waals surface area contributed by atoms with Gasteiger partial charge in [0.1, 0.15) is 5.76 Å². The third-order valence-corrected chi connectivity index (χ3v) is 6.37. The van der Waals surface area contributed by atoms with Crippen LogP contribution in [0.4, 0.5) is 0 Å². The fraction of sp³-hybridized carbons (Fsp3) is 0.100. The molecule has 0 aliphatic carbocycles. The molecule has 0 saturated carbocycles. The van der Waals surface area contributed by atoms with Crippen LogP contribution in [0.1, 0.15) is 11.3 Å². The lowest BCUT2D eigenvalue weighted by atomic mass is 10.2. The topological polar surface area (TPSA) is 43.9 Å². The zero-order valence-electron chi connectivity index (χ0n) is 14.5. The summed E-state index contributed by atoms with van der Waals surface area (Å²) in [5, 5.41) is 10.7. The van der Waals surface area contributed by atoms with E-state index >= 15 is 0 Å². The van der Waals surface area contributed by atoms with Crippen LogP contribution in [0.2, 0.25) is 10.0 Å². The Balaban J connectivity index is 1.64. The van der Waals surface area contributed by atoms with Gasteiger partial charge in [-0.3, -0.25) is 4.57 Å². The molecule has 2 heterocycles. The summed E-state index contributed by atoms with van der Waals surface area (Å²) in [6, 6.07) is 17.5. The first-order valence-electron chi connectivity index (χ1n) is 8.38. The van der Waals surface area contributed by atoms with Crippen molar-refractivity contribution in [2.24, 2.45) is 0 Å². The first kappa shape index (κ1) is 19.6. The quantitative estimate of drug-likeness (QED) is 0.272. The van der Waals surface area contributed by atoms with E-state index in [1.807, 2.05) is 48.5 Å². The highest BCUT2D eigenvalue weighted by Gasteiger charge is 2.16. The maximum Gasteiger partial charge on any atom is 0.192 e. The number of nitrogens with zero attached hydrogens (tertiary/aromatic N) is 3. The van der Waals surface area contributed by atoms with Gasteiger partial charge in [0.15, 0.2) is 11.0 Å². The van der Waals surface area contributed by atoms with Crippen molar-refractivity contribution in [1.82, 2.24) is 14.8 Å². The molecule has 4 nitrogen and oxygen atoms in total. The summed E-state index contributed by atoms with van der Waals surface area (Å²) >= 11 is 17.2. The van der Waals surface area contributed by atoms with Gasteiger partial charge in [-0.15, -0.1) is 10.2 Å². The Labute approximate surface area is 185 Å². The van der Waals surface area contributed by atoms with Crippen LogP contribution in [0, 0.1) is 0 Å². The zero-order valence-corrected chi connectivity index (χ0v) is 18.4. The molecule has 0 aliphatic rings. The van der Waals surface area contributed by atoms with E-state index in [9.17, 15) is 0 Å². The fourth-order valence-corrected chi connectivity index (χ4v) is 4.15. The Morgan fingerprint density at radius 1 is 1.00 bits per heavy atom. The van der Waals surface area contributed by atoms with Crippen molar-refractivity contribution < 1.29 is 4.42 Å². The van der Waals surface area contributed by atoms with Gasteiger partial charge in [0.05, 0.1) is 22.9 Å². The van der Waals surface area contributed by atoms with E-state index in [0.29, 0.717) is 22.3 Å². The van der Waals surface area contributed by atoms with E-state index in [-0.39, 0.29) is 0 Å². The molecule has 4 aromatic rings. The molecule has 142 valence electrons. The lowest BCUT2D eigenvalue weighted by molar-refractivity contribution is 0.485. The molecule has 8 heteroatoms. The van der Waals surface area contributed by atoms with E-state index in [0.717, 1.165) is 32.3 Å². The molecule has 0 unspecified atom stereocenters. The molecule has 0 saturated heterocycles. The van der Waals surface area contributed by atoms with Crippen molar-refractivity contribution in [3.05, 3.63) is 86.7 Å². The van der Waals surface area contributed by atoms with E-state index in [1.54, 1.807) is 24.1 Å². The van der Waals surface area contributed by atoms with E-state index in [4.69, 9.17) is 27.6 Å². The third-order valence-electron chi connectivity index (χ3n) is 4.07. The molecule has 0 spiro atoms. The van der Waals surface area contributed by atoms with E-state index in [1.165, 1.54) is 0 Å². The van der Waals surface area contributed by atoms with Gasteiger partial charge in [0.2, 0.25) is 0 Å². The van der Waals surface area contributed by atoms with Gasteiger partial charge in [-0.2, -0.15) is 0 Å². The van der Waals surface area contributed by atoms with Gasteiger partial charge >= 0.3 is 0 Å². The molecule has 28 heavy (non-hydrogen) atoms. The number of hydrogen-bond acceptors (Lipinski definition) is 4. The largest absolute Gasteiger partial charge is 0.467 e. The number of benzene rings is 2. The molecule has 0 atom stereocenters. The summed E-state index contributed by atoms with van der Waals surface area (Å²) in [7, 11) is 0. The van der Waals surface area contributed by atoms with Gasteiger partial charge in [-0.1, -0.05) is 69.1 Å². The Morgan fingerprint density at radius 3 is 2.54 bits per heavy atom. The Bertz CT molecular complexity index is 1080. The number of aromatic nitrogens is 3. The molecule has 2 aromatic heterocycles. The molecule has 0 bridgehead atoms. The molecule has 0 N–H and O–H groups in total. The standard InChI is InChI=1S/C20H14BrCl2N3OS/c21-15-6-4-14(5-7-15)19-24-25-20(26(19)11-16-2-1-9-27-16)28-12-13-3-8-17(22)18(23)10-13/h1-10H,11-12H2. The van der Waals surface area contributed by atoms with E-state index in [2.05, 4.69) is 30.7 Å². The van der Waals surface area contributed by atoms with Crippen LogP contribution in [0.25, 0.3) is 11.4 Å². The van der Waals surface area contributed by atoms with Crippen LogP contribution in [0.15, 0.2) is 74.9 Å². The average molecular weight is 495 g/mol. The Kier molecular flexibility index (Phi) is 6.11. The van der Waals surface area contributed by atoms with Crippen molar-refractivity contribution in [1.29, 1.82) is 0 Å². The third kappa shape index (κ3) is 4.46. The predicted molar refractivity (Wildman–Crippen MR) is 117 cm³/mol. The average Bonchev–Trinajstić information content (AvgIpc) is 3.34. The monoisotopic (exact) mass is 493 g/mol.